The maximum absolute atomic E-state index is 12.5. The SMILES string of the molecule is CCOc1ccc(C(C)=O)cc1C[NH+](C)CC(=O)Nc1ccc(N2CCOCC2)cc1. The minimum atomic E-state index is -0.0581. The van der Waals surface area contributed by atoms with Crippen molar-refractivity contribution < 1.29 is 24.0 Å². The van der Waals surface area contributed by atoms with E-state index in [-0.39, 0.29) is 11.7 Å². The van der Waals surface area contributed by atoms with Gasteiger partial charge in [-0.15, -0.1) is 0 Å². The molecule has 1 heterocycles. The molecule has 31 heavy (non-hydrogen) atoms. The van der Waals surface area contributed by atoms with Gasteiger partial charge in [0, 0.05) is 35.6 Å². The van der Waals surface area contributed by atoms with Crippen LogP contribution in [0, 0.1) is 0 Å². The average Bonchev–Trinajstić information content (AvgIpc) is 2.76. The van der Waals surface area contributed by atoms with Crippen LogP contribution in [-0.4, -0.2) is 58.2 Å². The molecule has 1 amide bonds. The second-order valence-corrected chi connectivity index (χ2v) is 7.82. The number of likely N-dealkylation sites (N-methyl/N-ethyl adjacent to an activating group) is 1. The molecule has 7 nitrogen and oxygen atoms in total. The number of hydrogen-bond donors (Lipinski definition) is 2. The molecule has 2 aromatic carbocycles. The number of rotatable bonds is 9. The molecule has 1 atom stereocenters. The quantitative estimate of drug-likeness (QED) is 0.598. The minimum absolute atomic E-state index is 0.0141. The van der Waals surface area contributed by atoms with Crippen molar-refractivity contribution in [2.75, 3.05) is 56.7 Å². The molecule has 3 rings (SSSR count). The van der Waals surface area contributed by atoms with Crippen LogP contribution in [0.4, 0.5) is 11.4 Å². The summed E-state index contributed by atoms with van der Waals surface area (Å²) < 4.78 is 11.1. The Morgan fingerprint density at radius 1 is 1.13 bits per heavy atom. The van der Waals surface area contributed by atoms with Gasteiger partial charge >= 0.3 is 0 Å². The van der Waals surface area contributed by atoms with Gasteiger partial charge in [-0.2, -0.15) is 0 Å². The molecule has 1 saturated heterocycles. The lowest BCUT2D eigenvalue weighted by molar-refractivity contribution is -0.885. The van der Waals surface area contributed by atoms with Gasteiger partial charge in [0.15, 0.2) is 12.3 Å². The maximum atomic E-state index is 12.5. The number of nitrogens with one attached hydrogen (secondary N) is 2. The van der Waals surface area contributed by atoms with Crippen molar-refractivity contribution in [3.8, 4) is 5.75 Å². The zero-order chi connectivity index (χ0) is 22.2. The Balaban J connectivity index is 1.57. The van der Waals surface area contributed by atoms with Crippen LogP contribution in [0.1, 0.15) is 29.8 Å². The van der Waals surface area contributed by atoms with Crippen molar-refractivity contribution in [2.24, 2.45) is 0 Å². The van der Waals surface area contributed by atoms with E-state index in [9.17, 15) is 9.59 Å². The third-order valence-electron chi connectivity index (χ3n) is 5.25. The second kappa shape index (κ2) is 10.9. The first-order valence-electron chi connectivity index (χ1n) is 10.8. The van der Waals surface area contributed by atoms with E-state index in [4.69, 9.17) is 9.47 Å². The van der Waals surface area contributed by atoms with Crippen molar-refractivity contribution in [1.82, 2.24) is 0 Å². The smallest absolute Gasteiger partial charge is 0.279 e. The molecule has 0 saturated carbocycles. The fourth-order valence-corrected chi connectivity index (χ4v) is 3.68. The molecule has 1 unspecified atom stereocenters. The van der Waals surface area contributed by atoms with E-state index in [1.165, 1.54) is 0 Å². The van der Waals surface area contributed by atoms with Crippen LogP contribution in [0.5, 0.6) is 5.75 Å². The molecule has 0 radical (unpaired) electrons. The fraction of sp³-hybridized carbons (Fsp3) is 0.417. The summed E-state index contributed by atoms with van der Waals surface area (Å²) in [6.07, 6.45) is 0. The maximum Gasteiger partial charge on any atom is 0.279 e. The molecule has 0 aliphatic carbocycles. The van der Waals surface area contributed by atoms with Crippen LogP contribution >= 0.6 is 0 Å². The summed E-state index contributed by atoms with van der Waals surface area (Å²) in [6.45, 7) is 8.17. The number of hydrogen-bond acceptors (Lipinski definition) is 5. The number of ether oxygens (including phenoxy) is 2. The predicted molar refractivity (Wildman–Crippen MR) is 121 cm³/mol. The Morgan fingerprint density at radius 3 is 2.48 bits per heavy atom. The minimum Gasteiger partial charge on any atom is -0.493 e. The molecule has 2 N–H and O–H groups in total. The monoisotopic (exact) mass is 426 g/mol. The average molecular weight is 427 g/mol. The second-order valence-electron chi connectivity index (χ2n) is 7.82. The number of Topliss-reactive ketones (excluding diaryl/α,β-unsaturated/α-hetero) is 1. The highest BCUT2D eigenvalue weighted by Crippen LogP contribution is 2.20. The molecule has 0 bridgehead atoms. The van der Waals surface area contributed by atoms with Crippen LogP contribution < -0.4 is 19.9 Å². The number of benzene rings is 2. The summed E-state index contributed by atoms with van der Waals surface area (Å²) in [5.41, 5.74) is 3.49. The van der Waals surface area contributed by atoms with E-state index < -0.39 is 0 Å². The van der Waals surface area contributed by atoms with E-state index >= 15 is 0 Å². The zero-order valence-electron chi connectivity index (χ0n) is 18.6. The normalized spacial score (nSPS) is 14.7. The number of morpholine rings is 1. The topological polar surface area (TPSA) is 72.3 Å². The highest BCUT2D eigenvalue weighted by atomic mass is 16.5. The molecule has 1 aliphatic rings. The first-order chi connectivity index (χ1) is 15.0. The molecule has 1 aliphatic heterocycles. The Labute approximate surface area is 183 Å². The highest BCUT2D eigenvalue weighted by molar-refractivity contribution is 5.94. The van der Waals surface area contributed by atoms with Gasteiger partial charge in [0.25, 0.3) is 5.91 Å². The van der Waals surface area contributed by atoms with Crippen molar-refractivity contribution in [1.29, 1.82) is 0 Å². The summed E-state index contributed by atoms with van der Waals surface area (Å²) in [7, 11) is 1.96. The van der Waals surface area contributed by atoms with E-state index in [0.29, 0.717) is 25.3 Å². The standard InChI is InChI=1S/C24H31N3O4/c1-4-31-23-10-5-19(18(2)28)15-20(23)16-26(3)17-24(29)25-21-6-8-22(9-7-21)27-11-13-30-14-12-27/h5-10,15H,4,11-14,16-17H2,1-3H3,(H,25,29)/p+1. The Hall–Kier alpha value is -2.90. The lowest BCUT2D eigenvalue weighted by Crippen LogP contribution is -3.08. The molecule has 1 fully saturated rings. The third kappa shape index (κ3) is 6.54. The fourth-order valence-electron chi connectivity index (χ4n) is 3.68. The van der Waals surface area contributed by atoms with Gasteiger partial charge in [-0.05, 0) is 56.3 Å². The first kappa shape index (κ1) is 22.8. The lowest BCUT2D eigenvalue weighted by atomic mass is 10.1. The largest absolute Gasteiger partial charge is 0.493 e. The van der Waals surface area contributed by atoms with E-state index in [2.05, 4.69) is 10.2 Å². The summed E-state index contributed by atoms with van der Waals surface area (Å²) in [5, 5.41) is 2.97. The molecular weight excluding hydrogens is 394 g/mol. The van der Waals surface area contributed by atoms with Crippen molar-refractivity contribution in [3.63, 3.8) is 0 Å². The van der Waals surface area contributed by atoms with Gasteiger partial charge in [-0.25, -0.2) is 0 Å². The van der Waals surface area contributed by atoms with Gasteiger partial charge in [0.05, 0.1) is 26.9 Å². The predicted octanol–water partition coefficient (Wildman–Crippen LogP) is 1.78. The van der Waals surface area contributed by atoms with Crippen molar-refractivity contribution in [3.05, 3.63) is 53.6 Å². The molecule has 0 aromatic heterocycles. The van der Waals surface area contributed by atoms with Gasteiger partial charge in [0.1, 0.15) is 12.3 Å². The van der Waals surface area contributed by atoms with Gasteiger partial charge in [-0.1, -0.05) is 0 Å². The summed E-state index contributed by atoms with van der Waals surface area (Å²) in [5.74, 6) is 0.712. The number of carbonyl (C=O) groups is 2. The summed E-state index contributed by atoms with van der Waals surface area (Å²) in [4.78, 5) is 27.6. The van der Waals surface area contributed by atoms with Crippen LogP contribution in [0.25, 0.3) is 0 Å². The molecule has 166 valence electrons. The first-order valence-corrected chi connectivity index (χ1v) is 10.8. The van der Waals surface area contributed by atoms with Gasteiger partial charge in [-0.3, -0.25) is 9.59 Å². The van der Waals surface area contributed by atoms with E-state index in [1.54, 1.807) is 13.0 Å². The van der Waals surface area contributed by atoms with E-state index in [0.717, 1.165) is 53.9 Å². The highest BCUT2D eigenvalue weighted by Gasteiger charge is 2.16. The molecule has 0 spiro atoms. The number of amides is 1. The van der Waals surface area contributed by atoms with Gasteiger partial charge in [0.2, 0.25) is 0 Å². The third-order valence-corrected chi connectivity index (χ3v) is 5.25. The summed E-state index contributed by atoms with van der Waals surface area (Å²) in [6, 6.07) is 13.4. The van der Waals surface area contributed by atoms with Crippen LogP contribution in [0.15, 0.2) is 42.5 Å². The van der Waals surface area contributed by atoms with Crippen LogP contribution in [0.2, 0.25) is 0 Å². The zero-order valence-corrected chi connectivity index (χ0v) is 18.6. The molecule has 2 aromatic rings. The Kier molecular flexibility index (Phi) is 8.03. The Morgan fingerprint density at radius 2 is 1.84 bits per heavy atom. The van der Waals surface area contributed by atoms with E-state index in [1.807, 2.05) is 50.4 Å². The van der Waals surface area contributed by atoms with Crippen molar-refractivity contribution >= 4 is 23.1 Å². The number of carbonyl (C=O) groups excluding carboxylic acids is 2. The van der Waals surface area contributed by atoms with Crippen LogP contribution in [0.3, 0.4) is 0 Å². The Bertz CT molecular complexity index is 892. The number of ketones is 1. The van der Waals surface area contributed by atoms with Gasteiger partial charge < -0.3 is 24.6 Å². The number of quaternary nitrogens is 1. The lowest BCUT2D eigenvalue weighted by Gasteiger charge is -2.28. The number of anilines is 2. The molecule has 7 heteroatoms. The van der Waals surface area contributed by atoms with Crippen molar-refractivity contribution in [2.45, 2.75) is 20.4 Å². The van der Waals surface area contributed by atoms with Crippen LogP contribution in [-0.2, 0) is 16.1 Å². The molecular formula is C24H32N3O4+. The summed E-state index contributed by atoms with van der Waals surface area (Å²) >= 11 is 0. The number of nitrogens with zero attached hydrogens (tertiary/aromatic N) is 1.